The van der Waals surface area contributed by atoms with Gasteiger partial charge in [-0.25, -0.2) is 4.79 Å². The summed E-state index contributed by atoms with van der Waals surface area (Å²) < 4.78 is 16.3. The summed E-state index contributed by atoms with van der Waals surface area (Å²) in [5.74, 6) is 0.389. The van der Waals surface area contributed by atoms with Crippen LogP contribution in [0.15, 0.2) is 46.9 Å². The van der Waals surface area contributed by atoms with Crippen molar-refractivity contribution < 1.29 is 19.0 Å². The van der Waals surface area contributed by atoms with E-state index in [4.69, 9.17) is 14.2 Å². The Bertz CT molecular complexity index is 638. The first-order valence-corrected chi connectivity index (χ1v) is 7.50. The van der Waals surface area contributed by atoms with E-state index in [9.17, 15) is 4.79 Å². The molecule has 0 bridgehead atoms. The lowest BCUT2D eigenvalue weighted by Gasteiger charge is -2.08. The van der Waals surface area contributed by atoms with Crippen molar-refractivity contribution in [2.75, 3.05) is 14.2 Å². The summed E-state index contributed by atoms with van der Waals surface area (Å²) in [6.45, 7) is 0.733. The van der Waals surface area contributed by atoms with Crippen LogP contribution in [0.2, 0.25) is 0 Å². The van der Waals surface area contributed by atoms with Gasteiger partial charge in [0.25, 0.3) is 0 Å². The van der Waals surface area contributed by atoms with Crippen molar-refractivity contribution in [3.63, 3.8) is 0 Å². The lowest BCUT2D eigenvalue weighted by molar-refractivity contribution is 0.0472. The highest BCUT2D eigenvalue weighted by atomic mass is 79.9. The largest absolute Gasteiger partial charge is 0.496 e. The molecule has 5 heteroatoms. The molecule has 0 radical (unpaired) electrons. The van der Waals surface area contributed by atoms with Crippen LogP contribution in [-0.2, 0) is 22.7 Å². The van der Waals surface area contributed by atoms with Gasteiger partial charge in [-0.1, -0.05) is 18.2 Å². The van der Waals surface area contributed by atoms with E-state index in [1.54, 1.807) is 26.4 Å². The number of carbonyl (C=O) groups excluding carboxylic acids is 1. The first-order valence-electron chi connectivity index (χ1n) is 6.71. The maximum absolute atomic E-state index is 12.0. The number of esters is 1. The van der Waals surface area contributed by atoms with Crippen molar-refractivity contribution in [1.29, 1.82) is 0 Å². The second-order valence-corrected chi connectivity index (χ2v) is 5.53. The molecule has 116 valence electrons. The third-order valence-corrected chi connectivity index (χ3v) is 3.71. The molecule has 0 spiro atoms. The molecule has 4 nitrogen and oxygen atoms in total. The van der Waals surface area contributed by atoms with E-state index >= 15 is 0 Å². The molecule has 0 unspecified atom stereocenters. The second-order valence-electron chi connectivity index (χ2n) is 4.67. The molecule has 0 saturated carbocycles. The van der Waals surface area contributed by atoms with Crippen LogP contribution in [0.5, 0.6) is 5.75 Å². The monoisotopic (exact) mass is 364 g/mol. The van der Waals surface area contributed by atoms with Gasteiger partial charge in [0.2, 0.25) is 0 Å². The fraction of sp³-hybridized carbons (Fsp3) is 0.235. The molecule has 0 aliphatic rings. The fourth-order valence-corrected chi connectivity index (χ4v) is 2.52. The minimum absolute atomic E-state index is 0.210. The summed E-state index contributed by atoms with van der Waals surface area (Å²) in [4.78, 5) is 12.0. The zero-order valence-electron chi connectivity index (χ0n) is 12.5. The molecule has 0 saturated heterocycles. The molecule has 0 aromatic heterocycles. The Morgan fingerprint density at radius 3 is 2.27 bits per heavy atom. The summed E-state index contributed by atoms with van der Waals surface area (Å²) in [5, 5.41) is 0. The SMILES string of the molecule is COCc1ccc(C(=O)OCc2ccc(OC)c(Br)c2)cc1. The Balaban J connectivity index is 1.96. The average Bonchev–Trinajstić information content (AvgIpc) is 2.54. The molecule has 0 heterocycles. The van der Waals surface area contributed by atoms with Crippen LogP contribution in [0.3, 0.4) is 0 Å². The van der Waals surface area contributed by atoms with Crippen LogP contribution in [0, 0.1) is 0 Å². The molecule has 2 rings (SSSR count). The minimum atomic E-state index is -0.351. The lowest BCUT2D eigenvalue weighted by atomic mass is 10.1. The van der Waals surface area contributed by atoms with Crippen molar-refractivity contribution in [3.8, 4) is 5.75 Å². The van der Waals surface area contributed by atoms with Gasteiger partial charge in [-0.05, 0) is 51.3 Å². The molecular weight excluding hydrogens is 348 g/mol. The normalized spacial score (nSPS) is 10.3. The number of rotatable bonds is 6. The number of methoxy groups -OCH3 is 2. The maximum Gasteiger partial charge on any atom is 0.338 e. The Hall–Kier alpha value is -1.85. The van der Waals surface area contributed by atoms with Crippen LogP contribution in [-0.4, -0.2) is 20.2 Å². The highest BCUT2D eigenvalue weighted by Crippen LogP contribution is 2.25. The van der Waals surface area contributed by atoms with E-state index in [0.717, 1.165) is 21.3 Å². The van der Waals surface area contributed by atoms with Crippen LogP contribution in [0.4, 0.5) is 0 Å². The Morgan fingerprint density at radius 1 is 1.00 bits per heavy atom. The zero-order valence-corrected chi connectivity index (χ0v) is 14.1. The number of benzene rings is 2. The number of ether oxygens (including phenoxy) is 3. The highest BCUT2D eigenvalue weighted by Gasteiger charge is 2.08. The van der Waals surface area contributed by atoms with Crippen molar-refractivity contribution >= 4 is 21.9 Å². The summed E-state index contributed by atoms with van der Waals surface area (Å²) in [6, 6.07) is 12.7. The molecule has 0 N–H and O–H groups in total. The van der Waals surface area contributed by atoms with Gasteiger partial charge >= 0.3 is 5.97 Å². The predicted molar refractivity (Wildman–Crippen MR) is 87.0 cm³/mol. The van der Waals surface area contributed by atoms with Crippen molar-refractivity contribution in [2.24, 2.45) is 0 Å². The third-order valence-electron chi connectivity index (χ3n) is 3.09. The summed E-state index contributed by atoms with van der Waals surface area (Å²) in [6.07, 6.45) is 0. The van der Waals surface area contributed by atoms with Gasteiger partial charge in [0, 0.05) is 7.11 Å². The predicted octanol–water partition coefficient (Wildman–Crippen LogP) is 3.96. The lowest BCUT2D eigenvalue weighted by Crippen LogP contribution is -2.05. The molecule has 0 aliphatic heterocycles. The topological polar surface area (TPSA) is 44.8 Å². The summed E-state index contributed by atoms with van der Waals surface area (Å²) >= 11 is 3.40. The van der Waals surface area contributed by atoms with Crippen LogP contribution in [0.1, 0.15) is 21.5 Å². The van der Waals surface area contributed by atoms with Gasteiger partial charge in [0.1, 0.15) is 12.4 Å². The van der Waals surface area contributed by atoms with Crippen LogP contribution < -0.4 is 4.74 Å². The van der Waals surface area contributed by atoms with Gasteiger partial charge in [-0.2, -0.15) is 0 Å². The Kier molecular flexibility index (Phi) is 5.98. The average molecular weight is 365 g/mol. The number of halogens is 1. The van der Waals surface area contributed by atoms with E-state index in [-0.39, 0.29) is 12.6 Å². The Morgan fingerprint density at radius 2 is 1.68 bits per heavy atom. The van der Waals surface area contributed by atoms with E-state index in [1.165, 1.54) is 0 Å². The minimum Gasteiger partial charge on any atom is -0.496 e. The van der Waals surface area contributed by atoms with Gasteiger partial charge in [0.05, 0.1) is 23.8 Å². The second kappa shape index (κ2) is 7.96. The van der Waals surface area contributed by atoms with Crippen molar-refractivity contribution in [1.82, 2.24) is 0 Å². The van der Waals surface area contributed by atoms with Gasteiger partial charge in [-0.15, -0.1) is 0 Å². The van der Waals surface area contributed by atoms with Gasteiger partial charge < -0.3 is 14.2 Å². The molecule has 2 aromatic carbocycles. The Labute approximate surface area is 138 Å². The third kappa shape index (κ3) is 4.32. The summed E-state index contributed by atoms with van der Waals surface area (Å²) in [7, 11) is 3.24. The van der Waals surface area contributed by atoms with E-state index in [2.05, 4.69) is 15.9 Å². The van der Waals surface area contributed by atoms with Gasteiger partial charge in [-0.3, -0.25) is 0 Å². The number of hydrogen-bond acceptors (Lipinski definition) is 4. The quantitative estimate of drug-likeness (QED) is 0.727. The molecule has 2 aromatic rings. The molecule has 0 aliphatic carbocycles. The molecular formula is C17H17BrO4. The first-order chi connectivity index (χ1) is 10.6. The number of carbonyl (C=O) groups is 1. The highest BCUT2D eigenvalue weighted by molar-refractivity contribution is 9.10. The molecule has 0 fully saturated rings. The van der Waals surface area contributed by atoms with Crippen molar-refractivity contribution in [3.05, 3.63) is 63.6 Å². The number of hydrogen-bond donors (Lipinski definition) is 0. The van der Waals surface area contributed by atoms with E-state index in [0.29, 0.717) is 12.2 Å². The summed E-state index contributed by atoms with van der Waals surface area (Å²) in [5.41, 5.74) is 2.42. The maximum atomic E-state index is 12.0. The molecule has 0 atom stereocenters. The van der Waals surface area contributed by atoms with E-state index < -0.39 is 0 Å². The van der Waals surface area contributed by atoms with Crippen molar-refractivity contribution in [2.45, 2.75) is 13.2 Å². The molecule has 22 heavy (non-hydrogen) atoms. The van der Waals surface area contributed by atoms with Crippen LogP contribution in [0.25, 0.3) is 0 Å². The fourth-order valence-electron chi connectivity index (χ4n) is 1.94. The first kappa shape index (κ1) is 16.5. The standard InChI is InChI=1S/C17H17BrO4/c1-20-10-12-3-6-14(7-4-12)17(19)22-11-13-5-8-16(21-2)15(18)9-13/h3-9H,10-11H2,1-2H3. The molecule has 0 amide bonds. The zero-order chi connectivity index (χ0) is 15.9. The van der Waals surface area contributed by atoms with E-state index in [1.807, 2.05) is 30.3 Å². The van der Waals surface area contributed by atoms with Crippen LogP contribution >= 0.6 is 15.9 Å². The van der Waals surface area contributed by atoms with Gasteiger partial charge in [0.15, 0.2) is 0 Å². The smallest absolute Gasteiger partial charge is 0.338 e.